The van der Waals surface area contributed by atoms with Crippen molar-refractivity contribution in [3.63, 3.8) is 0 Å². The average Bonchev–Trinajstić information content (AvgIpc) is 2.87. The van der Waals surface area contributed by atoms with E-state index in [0.29, 0.717) is 5.75 Å². The van der Waals surface area contributed by atoms with Crippen LogP contribution in [0.3, 0.4) is 0 Å². The summed E-state index contributed by atoms with van der Waals surface area (Å²) in [5, 5.41) is 0. The molecule has 0 N–H and O–H groups in total. The van der Waals surface area contributed by atoms with E-state index in [2.05, 4.69) is 6.92 Å². The van der Waals surface area contributed by atoms with Crippen molar-refractivity contribution in [2.24, 2.45) is 5.92 Å². The molecule has 1 unspecified atom stereocenters. The lowest BCUT2D eigenvalue weighted by Crippen LogP contribution is -2.26. The fraction of sp³-hybridized carbons (Fsp3) is 0.581. The summed E-state index contributed by atoms with van der Waals surface area (Å²) in [5.74, 6) is -0.0147. The molecule has 0 aliphatic carbocycles. The maximum Gasteiger partial charge on any atom is 0.346 e. The highest BCUT2D eigenvalue weighted by molar-refractivity contribution is 5.77. The van der Waals surface area contributed by atoms with Crippen LogP contribution in [0.5, 0.6) is 11.5 Å². The number of hydrogen-bond acceptors (Lipinski definition) is 3. The Morgan fingerprint density at radius 3 is 1.57 bits per heavy atom. The number of benzene rings is 2. The predicted molar refractivity (Wildman–Crippen MR) is 144 cm³/mol. The van der Waals surface area contributed by atoms with Crippen LogP contribution in [-0.2, 0) is 4.79 Å². The van der Waals surface area contributed by atoms with Gasteiger partial charge in [-0.15, -0.1) is 0 Å². The predicted octanol–water partition coefficient (Wildman–Crippen LogP) is 9.33. The summed E-state index contributed by atoms with van der Waals surface area (Å²) >= 11 is 0. The Hall–Kier alpha value is -2.36. The van der Waals surface area contributed by atoms with E-state index in [4.69, 9.17) is 9.47 Å². The minimum Gasteiger partial charge on any atom is -0.494 e. The average molecular weight is 485 g/mol. The summed E-state index contributed by atoms with van der Waals surface area (Å²) < 4.78 is 24.8. The van der Waals surface area contributed by atoms with Gasteiger partial charge in [-0.25, -0.2) is 9.18 Å². The van der Waals surface area contributed by atoms with Crippen molar-refractivity contribution < 1.29 is 18.7 Å². The summed E-state index contributed by atoms with van der Waals surface area (Å²) in [6.45, 7) is 6.33. The molecule has 4 heteroatoms. The second-order valence-electron chi connectivity index (χ2n) is 9.85. The van der Waals surface area contributed by atoms with Gasteiger partial charge in [0.25, 0.3) is 0 Å². The molecule has 0 amide bonds. The third kappa shape index (κ3) is 11.7. The number of alkyl halides is 1. The summed E-state index contributed by atoms with van der Waals surface area (Å²) in [4.78, 5) is 11.8. The highest BCUT2D eigenvalue weighted by atomic mass is 19.1. The Bertz CT molecular complexity index is 814. The minimum atomic E-state index is -1.61. The monoisotopic (exact) mass is 484 g/mol. The molecular formula is C31H45FO3. The molecule has 0 aliphatic rings. The van der Waals surface area contributed by atoms with E-state index in [9.17, 15) is 9.18 Å². The Morgan fingerprint density at radius 2 is 1.11 bits per heavy atom. The van der Waals surface area contributed by atoms with Crippen LogP contribution >= 0.6 is 0 Å². The first kappa shape index (κ1) is 28.9. The van der Waals surface area contributed by atoms with Crippen molar-refractivity contribution in [1.29, 1.82) is 0 Å². The first-order valence-electron chi connectivity index (χ1n) is 13.7. The first-order chi connectivity index (χ1) is 17.0. The minimum absolute atomic E-state index is 0.351. The van der Waals surface area contributed by atoms with Gasteiger partial charge in [-0.1, -0.05) is 116 Å². The van der Waals surface area contributed by atoms with Gasteiger partial charge in [0.15, 0.2) is 6.17 Å². The maximum absolute atomic E-state index is 13.7. The number of esters is 1. The largest absolute Gasteiger partial charge is 0.494 e. The molecule has 0 saturated carbocycles. The van der Waals surface area contributed by atoms with Gasteiger partial charge >= 0.3 is 5.97 Å². The Labute approximate surface area is 212 Å². The van der Waals surface area contributed by atoms with Crippen LogP contribution in [0, 0.1) is 5.92 Å². The summed E-state index contributed by atoms with van der Waals surface area (Å²) in [6, 6.07) is 15.1. The van der Waals surface area contributed by atoms with E-state index in [1.165, 1.54) is 70.6 Å². The molecule has 194 valence electrons. The van der Waals surface area contributed by atoms with Crippen LogP contribution in [0.25, 0.3) is 11.1 Å². The van der Waals surface area contributed by atoms with Crippen molar-refractivity contribution in [2.45, 2.75) is 104 Å². The first-order valence-corrected chi connectivity index (χ1v) is 13.7. The smallest absolute Gasteiger partial charge is 0.346 e. The molecule has 1 atom stereocenters. The fourth-order valence-corrected chi connectivity index (χ4v) is 4.04. The number of rotatable bonds is 18. The van der Waals surface area contributed by atoms with E-state index in [0.717, 1.165) is 29.9 Å². The highest BCUT2D eigenvalue weighted by Crippen LogP contribution is 2.25. The van der Waals surface area contributed by atoms with Crippen LogP contribution < -0.4 is 9.47 Å². The van der Waals surface area contributed by atoms with Gasteiger partial charge in [0.05, 0.1) is 6.61 Å². The molecule has 2 aromatic rings. The van der Waals surface area contributed by atoms with Gasteiger partial charge in [-0.3, -0.25) is 0 Å². The standard InChI is InChI=1S/C31H45FO3/c1-4-5-6-7-8-9-10-11-12-13-14-15-24-34-28-20-16-26(17-21-28)27-18-22-29(23-19-27)35-31(33)30(32)25(2)3/h16-23,25,30H,4-15,24H2,1-3H3. The van der Waals surface area contributed by atoms with Crippen LogP contribution in [0.2, 0.25) is 0 Å². The molecule has 2 aromatic carbocycles. The van der Waals surface area contributed by atoms with Crippen molar-refractivity contribution in [3.05, 3.63) is 48.5 Å². The number of carbonyl (C=O) groups is 1. The summed E-state index contributed by atoms with van der Waals surface area (Å²) in [7, 11) is 0. The Morgan fingerprint density at radius 1 is 0.686 bits per heavy atom. The maximum atomic E-state index is 13.7. The molecule has 0 bridgehead atoms. The third-order valence-corrected chi connectivity index (χ3v) is 6.34. The van der Waals surface area contributed by atoms with Crippen LogP contribution in [0.4, 0.5) is 4.39 Å². The number of carbonyl (C=O) groups excluding carboxylic acids is 1. The van der Waals surface area contributed by atoms with Gasteiger partial charge < -0.3 is 9.47 Å². The van der Waals surface area contributed by atoms with Crippen LogP contribution in [0.1, 0.15) is 97.8 Å². The van der Waals surface area contributed by atoms with E-state index in [1.807, 2.05) is 36.4 Å². The van der Waals surface area contributed by atoms with E-state index < -0.39 is 18.1 Å². The van der Waals surface area contributed by atoms with Crippen molar-refractivity contribution >= 4 is 5.97 Å². The van der Waals surface area contributed by atoms with Crippen molar-refractivity contribution in [3.8, 4) is 22.6 Å². The Kier molecular flexibility index (Phi) is 14.1. The topological polar surface area (TPSA) is 35.5 Å². The quantitative estimate of drug-likeness (QED) is 0.120. The molecule has 0 aliphatic heterocycles. The van der Waals surface area contributed by atoms with Gasteiger partial charge in [-0.2, -0.15) is 0 Å². The normalized spacial score (nSPS) is 12.0. The van der Waals surface area contributed by atoms with E-state index >= 15 is 0 Å². The SMILES string of the molecule is CCCCCCCCCCCCCCOc1ccc(-c2ccc(OC(=O)C(F)C(C)C)cc2)cc1. The van der Waals surface area contributed by atoms with Gasteiger partial charge in [-0.05, 0) is 47.7 Å². The number of unbranched alkanes of at least 4 members (excludes halogenated alkanes) is 11. The number of ether oxygens (including phenoxy) is 2. The molecule has 35 heavy (non-hydrogen) atoms. The van der Waals surface area contributed by atoms with Gasteiger partial charge in [0.1, 0.15) is 11.5 Å². The number of hydrogen-bond donors (Lipinski definition) is 0. The van der Waals surface area contributed by atoms with Crippen LogP contribution in [-0.4, -0.2) is 18.7 Å². The molecule has 0 spiro atoms. The molecular weight excluding hydrogens is 439 g/mol. The molecule has 0 aromatic heterocycles. The lowest BCUT2D eigenvalue weighted by molar-refractivity contribution is -0.141. The van der Waals surface area contributed by atoms with Gasteiger partial charge in [0.2, 0.25) is 0 Å². The van der Waals surface area contributed by atoms with E-state index in [1.54, 1.807) is 26.0 Å². The lowest BCUT2D eigenvalue weighted by Gasteiger charge is -2.11. The molecule has 2 rings (SSSR count). The lowest BCUT2D eigenvalue weighted by atomic mass is 10.1. The third-order valence-electron chi connectivity index (χ3n) is 6.34. The molecule has 3 nitrogen and oxygen atoms in total. The fourth-order valence-electron chi connectivity index (χ4n) is 4.04. The molecule has 0 fully saturated rings. The second-order valence-corrected chi connectivity index (χ2v) is 9.85. The zero-order valence-corrected chi connectivity index (χ0v) is 22.1. The molecule has 0 saturated heterocycles. The summed E-state index contributed by atoms with van der Waals surface area (Å²) in [5.41, 5.74) is 2.05. The van der Waals surface area contributed by atoms with Crippen molar-refractivity contribution in [2.75, 3.05) is 6.61 Å². The number of halogens is 1. The zero-order valence-electron chi connectivity index (χ0n) is 22.1. The second kappa shape index (κ2) is 17.1. The van der Waals surface area contributed by atoms with Gasteiger partial charge in [0, 0.05) is 0 Å². The molecule has 0 radical (unpaired) electrons. The van der Waals surface area contributed by atoms with E-state index in [-0.39, 0.29) is 0 Å². The highest BCUT2D eigenvalue weighted by Gasteiger charge is 2.23. The zero-order chi connectivity index (χ0) is 25.3. The van der Waals surface area contributed by atoms with Crippen LogP contribution in [0.15, 0.2) is 48.5 Å². The van der Waals surface area contributed by atoms with Crippen molar-refractivity contribution in [1.82, 2.24) is 0 Å². The molecule has 0 heterocycles. The Balaban J connectivity index is 1.59. The summed E-state index contributed by atoms with van der Waals surface area (Å²) in [6.07, 6.45) is 14.5.